The quantitative estimate of drug-likeness (QED) is 0.577. The monoisotopic (exact) mass is 335 g/mol. The zero-order valence-corrected chi connectivity index (χ0v) is 15.0. The van der Waals surface area contributed by atoms with Crippen LogP contribution in [0.3, 0.4) is 0 Å². The van der Waals surface area contributed by atoms with Crippen LogP contribution in [0.5, 0.6) is 0 Å². The summed E-state index contributed by atoms with van der Waals surface area (Å²) >= 11 is 6.21. The molecule has 0 saturated carbocycles. The molecule has 126 valence electrons. The molecular formula is C19H28ClN2O+. The van der Waals surface area contributed by atoms with Crippen molar-refractivity contribution >= 4 is 11.6 Å². The van der Waals surface area contributed by atoms with E-state index in [0.717, 1.165) is 23.7 Å². The molecule has 2 rings (SSSR count). The van der Waals surface area contributed by atoms with Crippen LogP contribution in [-0.2, 0) is 18.0 Å². The number of nitrogens with zero attached hydrogens (tertiary/aromatic N) is 2. The fourth-order valence-corrected chi connectivity index (χ4v) is 2.85. The first-order chi connectivity index (χ1) is 11.2. The minimum Gasteiger partial charge on any atom is -0.341 e. The van der Waals surface area contributed by atoms with Crippen LogP contribution in [-0.4, -0.2) is 11.2 Å². The fourth-order valence-electron chi connectivity index (χ4n) is 2.65. The van der Waals surface area contributed by atoms with Crippen molar-refractivity contribution in [2.75, 3.05) is 6.61 Å². The summed E-state index contributed by atoms with van der Waals surface area (Å²) in [6.07, 6.45) is 11.2. The molecule has 1 atom stereocenters. The van der Waals surface area contributed by atoms with E-state index >= 15 is 0 Å². The molecule has 0 aliphatic heterocycles. The lowest BCUT2D eigenvalue weighted by Gasteiger charge is -2.13. The Balaban J connectivity index is 1.79. The third-order valence-electron chi connectivity index (χ3n) is 4.19. The summed E-state index contributed by atoms with van der Waals surface area (Å²) in [6.45, 7) is 6.72. The maximum atomic E-state index is 6.21. The maximum absolute atomic E-state index is 6.21. The van der Waals surface area contributed by atoms with Crippen LogP contribution in [0.1, 0.15) is 45.1 Å². The van der Waals surface area contributed by atoms with Crippen LogP contribution in [0.15, 0.2) is 43.0 Å². The molecule has 0 saturated heterocycles. The predicted octanol–water partition coefficient (Wildman–Crippen LogP) is 4.67. The number of ether oxygens (including phenoxy) is 1. The minimum atomic E-state index is 0.609. The highest BCUT2D eigenvalue weighted by molar-refractivity contribution is 6.31. The largest absolute Gasteiger partial charge is 0.341 e. The summed E-state index contributed by atoms with van der Waals surface area (Å²) in [4.78, 5) is 0. The van der Waals surface area contributed by atoms with E-state index in [4.69, 9.17) is 16.3 Å². The van der Waals surface area contributed by atoms with Gasteiger partial charge in [0, 0.05) is 10.6 Å². The van der Waals surface area contributed by atoms with Crippen LogP contribution < -0.4 is 4.57 Å². The van der Waals surface area contributed by atoms with Crippen molar-refractivity contribution in [2.45, 2.75) is 52.8 Å². The fraction of sp³-hybridized carbons (Fsp3) is 0.526. The number of imidazole rings is 1. The van der Waals surface area contributed by atoms with Gasteiger partial charge in [0.1, 0.15) is 18.9 Å². The van der Waals surface area contributed by atoms with Crippen LogP contribution in [0, 0.1) is 5.92 Å². The summed E-state index contributed by atoms with van der Waals surface area (Å²) in [5.74, 6) is 0.681. The van der Waals surface area contributed by atoms with Gasteiger partial charge in [-0.2, -0.15) is 0 Å². The molecule has 1 heterocycles. The van der Waals surface area contributed by atoms with Crippen molar-refractivity contribution < 1.29 is 9.30 Å². The number of hydrogen-bond acceptors (Lipinski definition) is 1. The van der Waals surface area contributed by atoms with Gasteiger partial charge in [-0.15, -0.1) is 0 Å². The molecule has 0 fully saturated rings. The number of hydrogen-bond donors (Lipinski definition) is 0. The first-order valence-corrected chi connectivity index (χ1v) is 8.96. The molecule has 3 nitrogen and oxygen atoms in total. The Kier molecular flexibility index (Phi) is 7.63. The molecular weight excluding hydrogens is 308 g/mol. The lowest BCUT2D eigenvalue weighted by Crippen LogP contribution is -2.31. The Morgan fingerprint density at radius 1 is 1.26 bits per heavy atom. The highest BCUT2D eigenvalue weighted by Gasteiger charge is 2.09. The summed E-state index contributed by atoms with van der Waals surface area (Å²) in [5.41, 5.74) is 1.13. The molecule has 23 heavy (non-hydrogen) atoms. The van der Waals surface area contributed by atoms with E-state index in [1.807, 2.05) is 24.4 Å². The van der Waals surface area contributed by atoms with E-state index in [2.05, 4.69) is 41.6 Å². The Hall–Kier alpha value is -1.32. The van der Waals surface area contributed by atoms with Crippen LogP contribution in [0.2, 0.25) is 5.02 Å². The normalized spacial score (nSPS) is 12.5. The number of aromatic nitrogens is 2. The molecule has 0 spiro atoms. The zero-order chi connectivity index (χ0) is 16.5. The van der Waals surface area contributed by atoms with E-state index in [-0.39, 0.29) is 0 Å². The second-order valence-corrected chi connectivity index (χ2v) is 6.52. The molecule has 0 aliphatic rings. The third kappa shape index (κ3) is 6.00. The van der Waals surface area contributed by atoms with Crippen molar-refractivity contribution in [3.8, 4) is 0 Å². The number of benzene rings is 1. The van der Waals surface area contributed by atoms with E-state index in [0.29, 0.717) is 12.6 Å². The van der Waals surface area contributed by atoms with Gasteiger partial charge < -0.3 is 4.74 Å². The summed E-state index contributed by atoms with van der Waals surface area (Å²) < 4.78 is 10.1. The van der Waals surface area contributed by atoms with E-state index in [9.17, 15) is 0 Å². The van der Waals surface area contributed by atoms with E-state index in [1.54, 1.807) is 0 Å². The van der Waals surface area contributed by atoms with E-state index < -0.39 is 0 Å². The summed E-state index contributed by atoms with van der Waals surface area (Å²) in [6, 6.07) is 7.96. The van der Waals surface area contributed by atoms with Gasteiger partial charge in [-0.3, -0.25) is 0 Å². The molecule has 0 unspecified atom stereocenters. The Labute approximate surface area is 144 Å². The van der Waals surface area contributed by atoms with Gasteiger partial charge in [0.2, 0.25) is 6.33 Å². The number of unbranched alkanes of at least 4 members (excludes halogenated alkanes) is 1. The van der Waals surface area contributed by atoms with Gasteiger partial charge in [0.25, 0.3) is 0 Å². The van der Waals surface area contributed by atoms with Gasteiger partial charge in [-0.25, -0.2) is 9.13 Å². The van der Waals surface area contributed by atoms with Gasteiger partial charge in [-0.1, -0.05) is 62.9 Å². The highest BCUT2D eigenvalue weighted by atomic mass is 35.5. The second-order valence-electron chi connectivity index (χ2n) is 6.11. The average molecular weight is 336 g/mol. The van der Waals surface area contributed by atoms with Crippen molar-refractivity contribution in [3.05, 3.63) is 53.6 Å². The third-order valence-corrected chi connectivity index (χ3v) is 4.56. The maximum Gasteiger partial charge on any atom is 0.245 e. The number of rotatable bonds is 10. The van der Waals surface area contributed by atoms with Crippen molar-refractivity contribution in [3.63, 3.8) is 0 Å². The standard InChI is InChI=1S/C19H28ClN2O/c1-3-5-8-17(4-2)14-23-16-22-12-11-21(15-22)13-18-9-6-7-10-19(18)20/h6-7,9-12,15,17H,3-5,8,13-14,16H2,1-2H3/q+1/t17-/m0/s1. The smallest absolute Gasteiger partial charge is 0.245 e. The minimum absolute atomic E-state index is 0.609. The molecule has 0 aliphatic carbocycles. The van der Waals surface area contributed by atoms with E-state index in [1.165, 1.54) is 25.7 Å². The van der Waals surface area contributed by atoms with Gasteiger partial charge in [0.05, 0.1) is 6.61 Å². The molecule has 1 aromatic carbocycles. The van der Waals surface area contributed by atoms with Gasteiger partial charge in [-0.05, 0) is 18.4 Å². The highest BCUT2D eigenvalue weighted by Crippen LogP contribution is 2.14. The summed E-state index contributed by atoms with van der Waals surface area (Å²) in [7, 11) is 0. The van der Waals surface area contributed by atoms with Crippen LogP contribution in [0.4, 0.5) is 0 Å². The van der Waals surface area contributed by atoms with Crippen LogP contribution >= 0.6 is 11.6 Å². The van der Waals surface area contributed by atoms with Crippen molar-refractivity contribution in [2.24, 2.45) is 5.92 Å². The summed E-state index contributed by atoms with van der Waals surface area (Å²) in [5, 5.41) is 0.811. The molecule has 2 aromatic rings. The predicted molar refractivity (Wildman–Crippen MR) is 94.4 cm³/mol. The topological polar surface area (TPSA) is 18.0 Å². The lowest BCUT2D eigenvalue weighted by molar-refractivity contribution is -0.688. The lowest BCUT2D eigenvalue weighted by atomic mass is 10.0. The SMILES string of the molecule is CCCC[C@H](CC)COCn1cc[n+](Cc2ccccc2Cl)c1. The van der Waals surface area contributed by atoms with Crippen molar-refractivity contribution in [1.29, 1.82) is 0 Å². The zero-order valence-electron chi connectivity index (χ0n) is 14.2. The Morgan fingerprint density at radius 3 is 2.83 bits per heavy atom. The molecule has 1 aromatic heterocycles. The molecule has 4 heteroatoms. The molecule has 0 amide bonds. The average Bonchev–Trinajstić information content (AvgIpc) is 3.00. The van der Waals surface area contributed by atoms with Crippen LogP contribution in [0.25, 0.3) is 0 Å². The van der Waals surface area contributed by atoms with Gasteiger partial charge >= 0.3 is 0 Å². The molecule has 0 bridgehead atoms. The molecule has 0 radical (unpaired) electrons. The molecule has 0 N–H and O–H groups in total. The first-order valence-electron chi connectivity index (χ1n) is 8.58. The second kappa shape index (κ2) is 9.74. The first kappa shape index (κ1) is 18.0. The number of halogens is 1. The van der Waals surface area contributed by atoms with Gasteiger partial charge in [0.15, 0.2) is 6.73 Å². The Bertz CT molecular complexity index is 582. The Morgan fingerprint density at radius 2 is 2.09 bits per heavy atom. The van der Waals surface area contributed by atoms with Crippen molar-refractivity contribution in [1.82, 2.24) is 4.57 Å².